The van der Waals surface area contributed by atoms with Gasteiger partial charge < -0.3 is 16.0 Å². The van der Waals surface area contributed by atoms with Crippen LogP contribution in [0.4, 0.5) is 11.6 Å². The summed E-state index contributed by atoms with van der Waals surface area (Å²) in [7, 11) is 0. The lowest BCUT2D eigenvalue weighted by Crippen LogP contribution is -2.06. The molecule has 29 heavy (non-hydrogen) atoms. The molecule has 2 unspecified atom stereocenters. The van der Waals surface area contributed by atoms with Gasteiger partial charge in [-0.05, 0) is 61.8 Å². The van der Waals surface area contributed by atoms with Gasteiger partial charge in [0.05, 0.1) is 15.9 Å². The Kier molecular flexibility index (Phi) is 4.51. The number of fused-ring (bicyclic) bond motifs is 2. The van der Waals surface area contributed by atoms with Gasteiger partial charge >= 0.3 is 0 Å². The molecule has 4 aromatic rings. The molecule has 0 radical (unpaired) electrons. The molecule has 0 saturated heterocycles. The molecule has 7 heteroatoms. The Balaban J connectivity index is 1.27. The van der Waals surface area contributed by atoms with E-state index in [1.165, 1.54) is 31.2 Å². The summed E-state index contributed by atoms with van der Waals surface area (Å²) in [4.78, 5) is 13.0. The summed E-state index contributed by atoms with van der Waals surface area (Å²) >= 11 is 6.07. The third kappa shape index (κ3) is 3.38. The van der Waals surface area contributed by atoms with Crippen molar-refractivity contribution < 1.29 is 0 Å². The quantitative estimate of drug-likeness (QED) is 0.508. The van der Waals surface area contributed by atoms with Crippen LogP contribution in [-0.4, -0.2) is 19.5 Å². The van der Waals surface area contributed by atoms with Crippen LogP contribution in [0.5, 0.6) is 0 Å². The third-order valence-corrected chi connectivity index (χ3v) is 6.45. The maximum absolute atomic E-state index is 6.07. The first-order valence-corrected chi connectivity index (χ1v) is 10.4. The maximum Gasteiger partial charge on any atom is 0.145 e. The number of aryl methyl sites for hydroxylation is 1. The van der Waals surface area contributed by atoms with Crippen LogP contribution in [0.2, 0.25) is 5.02 Å². The van der Waals surface area contributed by atoms with E-state index in [0.717, 1.165) is 28.4 Å². The number of hydrogen-bond acceptors (Lipinski definition) is 5. The first-order chi connectivity index (χ1) is 14.1. The SMILES string of the molecule is Nc1nc2cc(CCC3CCC(n4ccc5c(N)ncnc54)C3)ccc2cc1Cl. The van der Waals surface area contributed by atoms with Crippen molar-refractivity contribution in [3.8, 4) is 0 Å². The van der Waals surface area contributed by atoms with Crippen LogP contribution in [0.25, 0.3) is 21.9 Å². The first-order valence-electron chi connectivity index (χ1n) is 10.00. The Morgan fingerprint density at radius 3 is 2.86 bits per heavy atom. The third-order valence-electron chi connectivity index (χ3n) is 6.15. The number of nitrogen functional groups attached to an aromatic ring is 2. The van der Waals surface area contributed by atoms with Crippen molar-refractivity contribution in [2.75, 3.05) is 11.5 Å². The van der Waals surface area contributed by atoms with Crippen molar-refractivity contribution in [3.05, 3.63) is 53.4 Å². The molecule has 148 valence electrons. The summed E-state index contributed by atoms with van der Waals surface area (Å²) in [5.74, 6) is 1.64. The van der Waals surface area contributed by atoms with Crippen molar-refractivity contribution in [3.63, 3.8) is 0 Å². The fourth-order valence-electron chi connectivity index (χ4n) is 4.58. The molecule has 3 aromatic heterocycles. The Morgan fingerprint density at radius 1 is 1.07 bits per heavy atom. The van der Waals surface area contributed by atoms with E-state index < -0.39 is 0 Å². The lowest BCUT2D eigenvalue weighted by atomic mass is 9.97. The Morgan fingerprint density at radius 2 is 1.97 bits per heavy atom. The van der Waals surface area contributed by atoms with E-state index in [-0.39, 0.29) is 0 Å². The molecule has 5 rings (SSSR count). The number of anilines is 2. The Labute approximate surface area is 173 Å². The van der Waals surface area contributed by atoms with Gasteiger partial charge in [-0.2, -0.15) is 0 Å². The summed E-state index contributed by atoms with van der Waals surface area (Å²) < 4.78 is 2.28. The van der Waals surface area contributed by atoms with Gasteiger partial charge in [0.1, 0.15) is 23.6 Å². The maximum atomic E-state index is 6.07. The van der Waals surface area contributed by atoms with Crippen LogP contribution in [0, 0.1) is 5.92 Å². The molecule has 1 saturated carbocycles. The summed E-state index contributed by atoms with van der Waals surface area (Å²) in [5.41, 5.74) is 15.0. The minimum atomic E-state index is 0.387. The van der Waals surface area contributed by atoms with Gasteiger partial charge in [-0.3, -0.25) is 0 Å². The van der Waals surface area contributed by atoms with E-state index in [4.69, 9.17) is 23.1 Å². The second-order valence-corrected chi connectivity index (χ2v) is 8.38. The smallest absolute Gasteiger partial charge is 0.145 e. The molecule has 1 aliphatic rings. The zero-order valence-electron chi connectivity index (χ0n) is 16.1. The molecular weight excluding hydrogens is 384 g/mol. The predicted octanol–water partition coefficient (Wildman–Crippen LogP) is 4.77. The predicted molar refractivity (Wildman–Crippen MR) is 118 cm³/mol. The molecule has 4 N–H and O–H groups in total. The lowest BCUT2D eigenvalue weighted by molar-refractivity contribution is 0.461. The molecule has 0 bridgehead atoms. The molecule has 1 fully saturated rings. The monoisotopic (exact) mass is 406 g/mol. The second-order valence-electron chi connectivity index (χ2n) is 7.97. The van der Waals surface area contributed by atoms with Crippen molar-refractivity contribution >= 4 is 45.2 Å². The largest absolute Gasteiger partial charge is 0.383 e. The standard InChI is InChI=1S/C22H23ClN6/c23-18-11-15-5-3-14(10-19(15)28-21(18)25)2-1-13-4-6-16(9-13)29-8-7-17-20(24)26-12-27-22(17)29/h3,5,7-8,10-13,16H,1-2,4,6,9H2,(H2,25,28)(H2,24,26,27). The van der Waals surface area contributed by atoms with E-state index in [9.17, 15) is 0 Å². The molecule has 0 aliphatic heterocycles. The molecular formula is C22H23ClN6. The van der Waals surface area contributed by atoms with E-state index in [1.807, 2.05) is 12.1 Å². The molecule has 1 aromatic carbocycles. The van der Waals surface area contributed by atoms with Gasteiger partial charge in [-0.1, -0.05) is 23.7 Å². The summed E-state index contributed by atoms with van der Waals surface area (Å²) in [5, 5.41) is 2.47. The fourth-order valence-corrected chi connectivity index (χ4v) is 4.74. The number of pyridine rings is 1. The lowest BCUT2D eigenvalue weighted by Gasteiger charge is -2.14. The average molecular weight is 407 g/mol. The summed E-state index contributed by atoms with van der Waals surface area (Å²) in [6, 6.07) is 10.8. The van der Waals surface area contributed by atoms with Crippen LogP contribution in [0.15, 0.2) is 42.9 Å². The van der Waals surface area contributed by atoms with Crippen molar-refractivity contribution in [2.45, 2.75) is 38.1 Å². The van der Waals surface area contributed by atoms with Crippen LogP contribution >= 0.6 is 11.6 Å². The number of aromatic nitrogens is 4. The highest BCUT2D eigenvalue weighted by atomic mass is 35.5. The highest BCUT2D eigenvalue weighted by molar-refractivity contribution is 6.33. The summed E-state index contributed by atoms with van der Waals surface area (Å²) in [6.07, 6.45) is 9.44. The van der Waals surface area contributed by atoms with Crippen molar-refractivity contribution in [1.29, 1.82) is 0 Å². The number of rotatable bonds is 4. The van der Waals surface area contributed by atoms with Gasteiger partial charge in [0.25, 0.3) is 0 Å². The fraction of sp³-hybridized carbons (Fsp3) is 0.318. The molecule has 2 atom stereocenters. The molecule has 0 spiro atoms. The minimum Gasteiger partial charge on any atom is -0.383 e. The van der Waals surface area contributed by atoms with Gasteiger partial charge in [-0.25, -0.2) is 15.0 Å². The Bertz CT molecular complexity index is 1200. The Hall–Kier alpha value is -2.86. The van der Waals surface area contributed by atoms with E-state index in [2.05, 4.69) is 43.9 Å². The number of halogens is 1. The highest BCUT2D eigenvalue weighted by Crippen LogP contribution is 2.39. The number of hydrogen-bond donors (Lipinski definition) is 2. The van der Waals surface area contributed by atoms with Gasteiger partial charge in [0.15, 0.2) is 0 Å². The van der Waals surface area contributed by atoms with E-state index in [1.54, 1.807) is 6.33 Å². The molecule has 6 nitrogen and oxygen atoms in total. The van der Waals surface area contributed by atoms with Crippen LogP contribution in [0.1, 0.15) is 37.3 Å². The molecule has 1 aliphatic carbocycles. The zero-order chi connectivity index (χ0) is 20.0. The van der Waals surface area contributed by atoms with Gasteiger partial charge in [0.2, 0.25) is 0 Å². The van der Waals surface area contributed by atoms with Crippen LogP contribution in [0.3, 0.4) is 0 Å². The minimum absolute atomic E-state index is 0.387. The van der Waals surface area contributed by atoms with Crippen molar-refractivity contribution in [1.82, 2.24) is 19.5 Å². The molecule has 3 heterocycles. The number of benzene rings is 1. The van der Waals surface area contributed by atoms with E-state index in [0.29, 0.717) is 28.6 Å². The van der Waals surface area contributed by atoms with Crippen LogP contribution in [-0.2, 0) is 6.42 Å². The molecule has 0 amide bonds. The summed E-state index contributed by atoms with van der Waals surface area (Å²) in [6.45, 7) is 0. The van der Waals surface area contributed by atoms with Crippen LogP contribution < -0.4 is 11.5 Å². The zero-order valence-corrected chi connectivity index (χ0v) is 16.8. The van der Waals surface area contributed by atoms with Crippen molar-refractivity contribution in [2.24, 2.45) is 5.92 Å². The normalized spacial score (nSPS) is 19.3. The van der Waals surface area contributed by atoms with Gasteiger partial charge in [-0.15, -0.1) is 0 Å². The number of nitrogens with two attached hydrogens (primary N) is 2. The first kappa shape index (κ1) is 18.2. The van der Waals surface area contributed by atoms with Gasteiger partial charge in [0, 0.05) is 17.6 Å². The topological polar surface area (TPSA) is 95.6 Å². The number of nitrogens with zero attached hydrogens (tertiary/aromatic N) is 4. The average Bonchev–Trinajstić information content (AvgIpc) is 3.35. The second kappa shape index (κ2) is 7.19. The highest BCUT2D eigenvalue weighted by Gasteiger charge is 2.27. The van der Waals surface area contributed by atoms with E-state index >= 15 is 0 Å².